The average Bonchev–Trinajstić information content (AvgIpc) is 3.24. The summed E-state index contributed by atoms with van der Waals surface area (Å²) in [5, 5.41) is 10.7. The molecule has 1 aromatic carbocycles. The van der Waals surface area contributed by atoms with Gasteiger partial charge in [0.1, 0.15) is 0 Å². The van der Waals surface area contributed by atoms with Crippen LogP contribution >= 0.6 is 0 Å². The normalized spacial score (nSPS) is 28.1. The van der Waals surface area contributed by atoms with Crippen LogP contribution in [-0.4, -0.2) is 72.3 Å². The first-order valence-electron chi connectivity index (χ1n) is 10.7. The minimum atomic E-state index is -1.44. The van der Waals surface area contributed by atoms with E-state index in [4.69, 9.17) is 4.74 Å². The van der Waals surface area contributed by atoms with Crippen molar-refractivity contribution in [3.63, 3.8) is 0 Å². The van der Waals surface area contributed by atoms with Gasteiger partial charge >= 0.3 is 6.09 Å². The third-order valence-corrected chi connectivity index (χ3v) is 6.59. The number of carbonyl (C=O) groups excluding carboxylic acids is 2. The van der Waals surface area contributed by atoms with Gasteiger partial charge < -0.3 is 24.5 Å². The number of aliphatic hydroxyl groups is 1. The van der Waals surface area contributed by atoms with Crippen LogP contribution in [0.3, 0.4) is 0 Å². The van der Waals surface area contributed by atoms with E-state index in [1.165, 1.54) is 0 Å². The van der Waals surface area contributed by atoms with E-state index in [2.05, 4.69) is 4.90 Å². The number of likely N-dealkylation sites (tertiary alicyclic amines) is 2. The number of piperidine rings is 1. The van der Waals surface area contributed by atoms with Crippen molar-refractivity contribution in [1.29, 1.82) is 0 Å². The van der Waals surface area contributed by atoms with E-state index in [0.29, 0.717) is 18.1 Å². The lowest BCUT2D eigenvalue weighted by Crippen LogP contribution is -2.46. The molecular weight excluding hydrogens is 370 g/mol. The number of fused-ring (bicyclic) bond motifs is 1. The van der Waals surface area contributed by atoms with Crippen LogP contribution in [0, 0.1) is 5.92 Å². The molecule has 158 valence electrons. The molecule has 0 spiro atoms. The predicted molar refractivity (Wildman–Crippen MR) is 110 cm³/mol. The quantitative estimate of drug-likeness (QED) is 0.837. The number of anilines is 1. The van der Waals surface area contributed by atoms with Crippen molar-refractivity contribution >= 4 is 17.7 Å². The molecule has 0 radical (unpaired) electrons. The molecule has 2 amide bonds. The number of hydrogen-bond donors (Lipinski definition) is 1. The molecule has 1 aromatic rings. The molecule has 0 bridgehead atoms. The van der Waals surface area contributed by atoms with Crippen LogP contribution < -0.4 is 4.90 Å². The summed E-state index contributed by atoms with van der Waals surface area (Å²) in [6, 6.07) is 7.66. The summed E-state index contributed by atoms with van der Waals surface area (Å²) in [4.78, 5) is 30.8. The molecule has 2 saturated heterocycles. The molecule has 7 heteroatoms. The monoisotopic (exact) mass is 401 g/mol. The number of amides is 2. The fourth-order valence-corrected chi connectivity index (χ4v) is 4.98. The van der Waals surface area contributed by atoms with Crippen molar-refractivity contribution in [2.75, 3.05) is 44.2 Å². The Labute approximate surface area is 172 Å². The first kappa shape index (κ1) is 20.2. The Morgan fingerprint density at radius 1 is 1.21 bits per heavy atom. The lowest BCUT2D eigenvalue weighted by molar-refractivity contribution is -0.134. The second-order valence-corrected chi connectivity index (χ2v) is 8.60. The number of carbonyl (C=O) groups is 2. The maximum atomic E-state index is 12.9. The van der Waals surface area contributed by atoms with Crippen LogP contribution in [0.2, 0.25) is 0 Å². The molecule has 3 aliphatic heterocycles. The van der Waals surface area contributed by atoms with E-state index in [9.17, 15) is 14.7 Å². The largest absolute Gasteiger partial charge is 0.450 e. The lowest BCUT2D eigenvalue weighted by Gasteiger charge is -2.33. The van der Waals surface area contributed by atoms with Crippen LogP contribution in [0.4, 0.5) is 10.5 Å². The fourth-order valence-electron chi connectivity index (χ4n) is 4.98. The van der Waals surface area contributed by atoms with E-state index in [-0.39, 0.29) is 18.0 Å². The zero-order chi connectivity index (χ0) is 20.6. The van der Waals surface area contributed by atoms with Gasteiger partial charge in [0.05, 0.1) is 18.3 Å². The van der Waals surface area contributed by atoms with E-state index >= 15 is 0 Å². The first-order valence-corrected chi connectivity index (χ1v) is 10.7. The maximum absolute atomic E-state index is 12.9. The van der Waals surface area contributed by atoms with Crippen molar-refractivity contribution in [1.82, 2.24) is 9.80 Å². The summed E-state index contributed by atoms with van der Waals surface area (Å²) in [7, 11) is 0. The Hall–Kier alpha value is -2.12. The molecule has 2 atom stereocenters. The summed E-state index contributed by atoms with van der Waals surface area (Å²) in [6.45, 7) is 8.12. The average molecular weight is 402 g/mol. The first-order chi connectivity index (χ1) is 13.9. The second-order valence-electron chi connectivity index (χ2n) is 8.60. The molecule has 3 heterocycles. The van der Waals surface area contributed by atoms with E-state index in [1.807, 2.05) is 36.1 Å². The van der Waals surface area contributed by atoms with Gasteiger partial charge in [-0.2, -0.15) is 0 Å². The molecule has 0 aromatic heterocycles. The van der Waals surface area contributed by atoms with Gasteiger partial charge in [-0.25, -0.2) is 4.79 Å². The summed E-state index contributed by atoms with van der Waals surface area (Å²) in [6.07, 6.45) is 2.68. The number of para-hydroxylation sites is 1. The van der Waals surface area contributed by atoms with Crippen LogP contribution in [0.1, 0.15) is 38.7 Å². The third kappa shape index (κ3) is 3.73. The summed E-state index contributed by atoms with van der Waals surface area (Å²) in [5.41, 5.74) is 0.108. The number of ether oxygens (including phenoxy) is 1. The summed E-state index contributed by atoms with van der Waals surface area (Å²) in [5.74, 6) is 0.345. The zero-order valence-corrected chi connectivity index (χ0v) is 17.3. The SMILES string of the molecule is CCOC(=O)N1CCC(CN2CC[C@H](N3C(=O)[C@@](C)(O)c4ccccc43)C2)CC1. The molecule has 29 heavy (non-hydrogen) atoms. The van der Waals surface area contributed by atoms with Gasteiger partial charge in [-0.3, -0.25) is 4.79 Å². The molecule has 1 N–H and O–H groups in total. The topological polar surface area (TPSA) is 73.3 Å². The smallest absolute Gasteiger partial charge is 0.409 e. The Morgan fingerprint density at radius 2 is 1.93 bits per heavy atom. The van der Waals surface area contributed by atoms with Gasteiger partial charge in [0.2, 0.25) is 0 Å². The van der Waals surface area contributed by atoms with Gasteiger partial charge in [-0.15, -0.1) is 0 Å². The molecule has 0 aliphatic carbocycles. The Balaban J connectivity index is 1.34. The molecule has 2 fully saturated rings. The van der Waals surface area contributed by atoms with Gasteiger partial charge in [0.25, 0.3) is 5.91 Å². The predicted octanol–water partition coefficient (Wildman–Crippen LogP) is 2.18. The standard InChI is InChI=1S/C22H31N3O4/c1-3-29-21(27)24-12-8-16(9-13-24)14-23-11-10-17(15-23)25-19-7-5-4-6-18(19)22(2,28)20(25)26/h4-7,16-17,28H,3,8-15H2,1-2H3/t17-,22-/m0/s1. The molecule has 7 nitrogen and oxygen atoms in total. The Kier molecular flexibility index (Phi) is 5.53. The van der Waals surface area contributed by atoms with Crippen LogP contribution in [-0.2, 0) is 15.1 Å². The Morgan fingerprint density at radius 3 is 2.66 bits per heavy atom. The number of nitrogens with zero attached hydrogens (tertiary/aromatic N) is 3. The fraction of sp³-hybridized carbons (Fsp3) is 0.636. The van der Waals surface area contributed by atoms with Crippen molar-refractivity contribution in [3.8, 4) is 0 Å². The van der Waals surface area contributed by atoms with Gasteiger partial charge in [0, 0.05) is 38.3 Å². The van der Waals surface area contributed by atoms with Crippen LogP contribution in [0.15, 0.2) is 24.3 Å². The highest BCUT2D eigenvalue weighted by molar-refractivity contribution is 6.07. The van der Waals surface area contributed by atoms with E-state index in [0.717, 1.165) is 57.7 Å². The third-order valence-electron chi connectivity index (χ3n) is 6.59. The number of benzene rings is 1. The van der Waals surface area contributed by atoms with Crippen molar-refractivity contribution in [3.05, 3.63) is 29.8 Å². The second kappa shape index (κ2) is 7.95. The van der Waals surface area contributed by atoms with Gasteiger partial charge in [0.15, 0.2) is 5.60 Å². The molecule has 4 rings (SSSR count). The van der Waals surface area contributed by atoms with Crippen molar-refractivity contribution in [2.24, 2.45) is 5.92 Å². The molecular formula is C22H31N3O4. The maximum Gasteiger partial charge on any atom is 0.409 e. The van der Waals surface area contributed by atoms with Gasteiger partial charge in [-0.1, -0.05) is 18.2 Å². The highest BCUT2D eigenvalue weighted by Crippen LogP contribution is 2.42. The molecule has 0 unspecified atom stereocenters. The minimum Gasteiger partial charge on any atom is -0.450 e. The zero-order valence-electron chi connectivity index (χ0n) is 17.3. The van der Waals surface area contributed by atoms with E-state index in [1.54, 1.807) is 11.8 Å². The lowest BCUT2D eigenvalue weighted by atomic mass is 9.96. The molecule has 0 saturated carbocycles. The summed E-state index contributed by atoms with van der Waals surface area (Å²) >= 11 is 0. The van der Waals surface area contributed by atoms with Gasteiger partial charge in [-0.05, 0) is 45.1 Å². The van der Waals surface area contributed by atoms with Crippen molar-refractivity contribution < 1.29 is 19.4 Å². The highest BCUT2D eigenvalue weighted by atomic mass is 16.6. The van der Waals surface area contributed by atoms with E-state index < -0.39 is 5.60 Å². The van der Waals surface area contributed by atoms with Crippen molar-refractivity contribution in [2.45, 2.75) is 44.8 Å². The van der Waals surface area contributed by atoms with Crippen LogP contribution in [0.25, 0.3) is 0 Å². The Bertz CT molecular complexity index is 773. The number of rotatable bonds is 4. The highest BCUT2D eigenvalue weighted by Gasteiger charge is 2.49. The number of hydrogen-bond acceptors (Lipinski definition) is 5. The van der Waals surface area contributed by atoms with Crippen LogP contribution in [0.5, 0.6) is 0 Å². The minimum absolute atomic E-state index is 0.0947. The molecule has 3 aliphatic rings. The summed E-state index contributed by atoms with van der Waals surface area (Å²) < 4.78 is 5.10.